The molecule has 2 aliphatic rings. The van der Waals surface area contributed by atoms with Gasteiger partial charge in [-0.1, -0.05) is 18.2 Å². The van der Waals surface area contributed by atoms with Gasteiger partial charge in [-0.15, -0.1) is 0 Å². The Bertz CT molecular complexity index is 1220. The molecule has 2 amide bonds. The number of carboxylic acids is 1. The molecule has 0 saturated carbocycles. The van der Waals surface area contributed by atoms with E-state index < -0.39 is 11.6 Å². The van der Waals surface area contributed by atoms with Crippen LogP contribution in [0.1, 0.15) is 71.1 Å². The minimum absolute atomic E-state index is 0.00558. The molecule has 0 radical (unpaired) electrons. The van der Waals surface area contributed by atoms with Crippen molar-refractivity contribution in [1.29, 1.82) is 0 Å². The fourth-order valence-corrected chi connectivity index (χ4v) is 5.11. The maximum Gasteiger partial charge on any atom is 0.320 e. The van der Waals surface area contributed by atoms with Gasteiger partial charge in [0.1, 0.15) is 11.4 Å². The lowest BCUT2D eigenvalue weighted by Crippen LogP contribution is -2.34. The SMILES string of the molecule is CC(C)(CCN)OCCC(C)(C)Oc1ccccc1F.O=C(O)CCN1CCN(CCCc2ccc3c(n2)NCCC3)C1=O. The minimum Gasteiger partial charge on any atom is -0.485 e. The number of halogens is 1. The first-order valence-electron chi connectivity index (χ1n) is 15.6. The van der Waals surface area contributed by atoms with Crippen LogP contribution in [0.4, 0.5) is 15.0 Å². The Morgan fingerprint density at radius 3 is 2.50 bits per heavy atom. The molecule has 10 nitrogen and oxygen atoms in total. The highest BCUT2D eigenvalue weighted by Gasteiger charge is 2.28. The number of nitrogens with zero attached hydrogens (tertiary/aromatic N) is 3. The third-order valence-corrected chi connectivity index (χ3v) is 7.76. The van der Waals surface area contributed by atoms with E-state index in [0.29, 0.717) is 45.8 Å². The van der Waals surface area contributed by atoms with Crippen LogP contribution in [-0.4, -0.2) is 89.0 Å². The van der Waals surface area contributed by atoms with Gasteiger partial charge in [0.2, 0.25) is 0 Å². The number of rotatable bonds is 15. The van der Waals surface area contributed by atoms with Crippen molar-refractivity contribution in [3.8, 4) is 5.75 Å². The summed E-state index contributed by atoms with van der Waals surface area (Å²) in [5.41, 5.74) is 7.17. The second-order valence-electron chi connectivity index (χ2n) is 12.5. The first-order valence-corrected chi connectivity index (χ1v) is 15.6. The summed E-state index contributed by atoms with van der Waals surface area (Å²) in [6, 6.07) is 10.6. The highest BCUT2D eigenvalue weighted by Crippen LogP contribution is 2.25. The Balaban J connectivity index is 0.000000245. The van der Waals surface area contributed by atoms with Crippen LogP contribution < -0.4 is 15.8 Å². The number of carbonyl (C=O) groups is 2. The van der Waals surface area contributed by atoms with E-state index in [1.807, 2.05) is 27.7 Å². The number of ether oxygens (including phenoxy) is 2. The summed E-state index contributed by atoms with van der Waals surface area (Å²) in [6.45, 7) is 12.3. The smallest absolute Gasteiger partial charge is 0.320 e. The molecule has 244 valence electrons. The standard InChI is InChI=1S/C17H24N4O3.C16H26FNO2/c22-15(23)7-10-21-12-11-20(17(21)24)9-2-4-14-6-5-13-3-1-8-18-16(13)19-14;1-15(2,9-11-18)19-12-10-16(3,4)20-14-8-6-5-7-13(14)17/h5-6H,1-4,7-12H2,(H,18,19)(H,22,23);5-8H,9-12,18H2,1-4H3. The number of carboxylic acid groups (broad SMARTS) is 1. The fraction of sp³-hybridized carbons (Fsp3) is 0.606. The Morgan fingerprint density at radius 1 is 1.07 bits per heavy atom. The zero-order valence-corrected chi connectivity index (χ0v) is 26.7. The van der Waals surface area contributed by atoms with Crippen molar-refractivity contribution in [3.05, 3.63) is 53.5 Å². The lowest BCUT2D eigenvalue weighted by molar-refractivity contribution is -0.137. The number of para-hydroxylation sites is 1. The molecule has 2 aliphatic heterocycles. The predicted molar refractivity (Wildman–Crippen MR) is 170 cm³/mol. The maximum atomic E-state index is 13.6. The fourth-order valence-electron chi connectivity index (χ4n) is 5.11. The van der Waals surface area contributed by atoms with Crippen LogP contribution in [0, 0.1) is 5.82 Å². The van der Waals surface area contributed by atoms with Gasteiger partial charge in [-0.2, -0.15) is 0 Å². The van der Waals surface area contributed by atoms with Gasteiger partial charge in [-0.25, -0.2) is 14.2 Å². The average molecular weight is 616 g/mol. The number of aromatic nitrogens is 1. The molecule has 0 aliphatic carbocycles. The number of hydrogen-bond acceptors (Lipinski definition) is 7. The largest absolute Gasteiger partial charge is 0.485 e. The highest BCUT2D eigenvalue weighted by atomic mass is 19.1. The van der Waals surface area contributed by atoms with Crippen molar-refractivity contribution in [1.82, 2.24) is 14.8 Å². The van der Waals surface area contributed by atoms with Crippen molar-refractivity contribution in [2.45, 2.75) is 83.8 Å². The molecule has 0 bridgehead atoms. The van der Waals surface area contributed by atoms with Crippen LogP contribution in [0.3, 0.4) is 0 Å². The van der Waals surface area contributed by atoms with Gasteiger partial charge in [0.15, 0.2) is 11.6 Å². The lowest BCUT2D eigenvalue weighted by atomic mass is 10.0. The first kappa shape index (κ1) is 35.0. The predicted octanol–water partition coefficient (Wildman–Crippen LogP) is 5.10. The van der Waals surface area contributed by atoms with Gasteiger partial charge in [0, 0.05) is 44.8 Å². The number of anilines is 1. The van der Waals surface area contributed by atoms with Gasteiger partial charge < -0.3 is 35.4 Å². The quantitative estimate of drug-likeness (QED) is 0.252. The molecular weight excluding hydrogens is 565 g/mol. The van der Waals surface area contributed by atoms with E-state index in [4.69, 9.17) is 20.3 Å². The Hall–Kier alpha value is -3.44. The summed E-state index contributed by atoms with van der Waals surface area (Å²) in [5.74, 6) is 0.0767. The number of benzene rings is 1. The molecule has 11 heteroatoms. The molecule has 0 atom stereocenters. The summed E-state index contributed by atoms with van der Waals surface area (Å²) in [4.78, 5) is 30.9. The molecule has 3 heterocycles. The Labute approximate surface area is 261 Å². The minimum atomic E-state index is -0.867. The third kappa shape index (κ3) is 11.6. The number of hydrogen-bond donors (Lipinski definition) is 3. The lowest BCUT2D eigenvalue weighted by Gasteiger charge is -2.30. The molecule has 44 heavy (non-hydrogen) atoms. The summed E-state index contributed by atoms with van der Waals surface area (Å²) >= 11 is 0. The molecule has 0 spiro atoms. The van der Waals surface area contributed by atoms with Crippen molar-refractivity contribution in [2.75, 3.05) is 51.2 Å². The number of urea groups is 1. The first-order chi connectivity index (χ1) is 20.9. The summed E-state index contributed by atoms with van der Waals surface area (Å²) in [5, 5.41) is 12.1. The number of carbonyl (C=O) groups excluding carboxylic acids is 1. The summed E-state index contributed by atoms with van der Waals surface area (Å²) in [7, 11) is 0. The van der Waals surface area contributed by atoms with Crippen LogP contribution in [0.25, 0.3) is 0 Å². The van der Waals surface area contributed by atoms with Crippen molar-refractivity contribution in [2.24, 2.45) is 5.73 Å². The molecule has 1 aromatic carbocycles. The van der Waals surface area contributed by atoms with Gasteiger partial charge >= 0.3 is 12.0 Å². The summed E-state index contributed by atoms with van der Waals surface area (Å²) in [6.07, 6.45) is 5.44. The van der Waals surface area contributed by atoms with Gasteiger partial charge in [0.25, 0.3) is 0 Å². The van der Waals surface area contributed by atoms with E-state index in [1.165, 1.54) is 11.6 Å². The Morgan fingerprint density at radius 2 is 1.80 bits per heavy atom. The third-order valence-electron chi connectivity index (χ3n) is 7.76. The Kier molecular flexibility index (Phi) is 13.2. The van der Waals surface area contributed by atoms with E-state index in [2.05, 4.69) is 22.4 Å². The number of amides is 2. The number of pyridine rings is 1. The van der Waals surface area contributed by atoms with Gasteiger partial charge in [0.05, 0.1) is 18.6 Å². The molecule has 0 unspecified atom stereocenters. The molecule has 1 aromatic heterocycles. The molecule has 4 N–H and O–H groups in total. The van der Waals surface area contributed by atoms with E-state index in [-0.39, 0.29) is 29.6 Å². The van der Waals surface area contributed by atoms with Crippen LogP contribution >= 0.6 is 0 Å². The van der Waals surface area contributed by atoms with Crippen LogP contribution in [0.2, 0.25) is 0 Å². The molecule has 2 aromatic rings. The summed E-state index contributed by atoms with van der Waals surface area (Å²) < 4.78 is 25.1. The second-order valence-corrected chi connectivity index (χ2v) is 12.5. The molecule has 1 saturated heterocycles. The van der Waals surface area contributed by atoms with E-state index in [0.717, 1.165) is 50.2 Å². The van der Waals surface area contributed by atoms with Crippen LogP contribution in [0.5, 0.6) is 5.75 Å². The van der Waals surface area contributed by atoms with E-state index in [9.17, 15) is 14.0 Å². The second kappa shape index (κ2) is 16.6. The van der Waals surface area contributed by atoms with E-state index >= 15 is 0 Å². The average Bonchev–Trinajstić information content (AvgIpc) is 3.32. The van der Waals surface area contributed by atoms with Crippen LogP contribution in [-0.2, 0) is 22.4 Å². The van der Waals surface area contributed by atoms with Gasteiger partial charge in [-0.05, 0) is 90.1 Å². The molecule has 1 fully saturated rings. The number of fused-ring (bicyclic) bond motifs is 1. The number of aryl methyl sites for hydroxylation is 2. The zero-order chi connectivity index (χ0) is 32.2. The topological polar surface area (TPSA) is 130 Å². The monoisotopic (exact) mass is 615 g/mol. The van der Waals surface area contributed by atoms with Crippen LogP contribution in [0.15, 0.2) is 36.4 Å². The number of nitrogens with two attached hydrogens (primary N) is 1. The number of nitrogens with one attached hydrogen (secondary N) is 1. The maximum absolute atomic E-state index is 13.6. The van der Waals surface area contributed by atoms with Crippen molar-refractivity contribution >= 4 is 17.8 Å². The normalized spacial score (nSPS) is 14.9. The van der Waals surface area contributed by atoms with E-state index in [1.54, 1.807) is 28.0 Å². The van der Waals surface area contributed by atoms with Gasteiger partial charge in [-0.3, -0.25) is 4.79 Å². The zero-order valence-electron chi connectivity index (χ0n) is 26.7. The molecule has 4 rings (SSSR count). The van der Waals surface area contributed by atoms with Crippen molar-refractivity contribution < 1.29 is 28.6 Å². The molecular formula is C33H50FN5O5. The highest BCUT2D eigenvalue weighted by molar-refractivity contribution is 5.77. The van der Waals surface area contributed by atoms with Crippen molar-refractivity contribution in [3.63, 3.8) is 0 Å². The number of aliphatic carboxylic acids is 1.